The predicted molar refractivity (Wildman–Crippen MR) is 74.9 cm³/mol. The minimum Gasteiger partial charge on any atom is -0.382 e. The van der Waals surface area contributed by atoms with E-state index in [-0.39, 0.29) is 11.8 Å². The highest BCUT2D eigenvalue weighted by atomic mass is 16.5. The molecule has 0 spiro atoms. The van der Waals surface area contributed by atoms with Crippen LogP contribution in [0.5, 0.6) is 0 Å². The highest BCUT2D eigenvalue weighted by Crippen LogP contribution is 2.23. The third-order valence-electron chi connectivity index (χ3n) is 3.59. The fourth-order valence-electron chi connectivity index (χ4n) is 2.31. The summed E-state index contributed by atoms with van der Waals surface area (Å²) in [6, 6.07) is 0.299. The first kappa shape index (κ1) is 16.4. The Morgan fingerprint density at radius 1 is 1.16 bits per heavy atom. The van der Waals surface area contributed by atoms with Crippen LogP contribution in [0, 0.1) is 5.92 Å². The lowest BCUT2D eigenvalue weighted by molar-refractivity contribution is -0.126. The molecule has 0 aromatic carbocycles. The standard InChI is InChI=1S/C14H28N2O3/c1-18-10-11-19-9-3-2-8-16-14(17)12-4-6-13(15)7-5-12/h12-13H,2-11,15H2,1H3,(H,16,17). The zero-order chi connectivity index (χ0) is 13.9. The average Bonchev–Trinajstić information content (AvgIpc) is 2.42. The van der Waals surface area contributed by atoms with Crippen molar-refractivity contribution in [3.05, 3.63) is 0 Å². The number of nitrogens with one attached hydrogen (secondary N) is 1. The molecule has 1 amide bonds. The second-order valence-electron chi connectivity index (χ2n) is 5.22. The molecule has 0 atom stereocenters. The second-order valence-corrected chi connectivity index (χ2v) is 5.22. The van der Waals surface area contributed by atoms with Gasteiger partial charge >= 0.3 is 0 Å². The molecule has 0 heterocycles. The summed E-state index contributed by atoms with van der Waals surface area (Å²) in [5.41, 5.74) is 5.83. The Hall–Kier alpha value is -0.650. The first-order chi connectivity index (χ1) is 9.24. The molecule has 0 aromatic rings. The van der Waals surface area contributed by atoms with Crippen LogP contribution in [-0.2, 0) is 14.3 Å². The van der Waals surface area contributed by atoms with Gasteiger partial charge in [0, 0.05) is 32.2 Å². The Kier molecular flexibility index (Phi) is 8.79. The van der Waals surface area contributed by atoms with Gasteiger partial charge in [-0.25, -0.2) is 0 Å². The molecule has 0 radical (unpaired) electrons. The van der Waals surface area contributed by atoms with Crippen molar-refractivity contribution in [1.29, 1.82) is 0 Å². The van der Waals surface area contributed by atoms with Gasteiger partial charge in [-0.3, -0.25) is 4.79 Å². The van der Waals surface area contributed by atoms with Gasteiger partial charge in [0.2, 0.25) is 5.91 Å². The Bertz CT molecular complexity index is 241. The number of amides is 1. The molecule has 0 aromatic heterocycles. The molecule has 1 rings (SSSR count). The molecule has 1 saturated carbocycles. The summed E-state index contributed by atoms with van der Waals surface area (Å²) in [6.07, 6.45) is 5.77. The Labute approximate surface area is 116 Å². The van der Waals surface area contributed by atoms with Gasteiger partial charge in [-0.05, 0) is 38.5 Å². The van der Waals surface area contributed by atoms with E-state index >= 15 is 0 Å². The molecular weight excluding hydrogens is 244 g/mol. The van der Waals surface area contributed by atoms with Gasteiger partial charge in [0.05, 0.1) is 13.2 Å². The Morgan fingerprint density at radius 3 is 2.58 bits per heavy atom. The van der Waals surface area contributed by atoms with E-state index in [1.807, 2.05) is 0 Å². The van der Waals surface area contributed by atoms with E-state index in [1.54, 1.807) is 7.11 Å². The van der Waals surface area contributed by atoms with E-state index in [1.165, 1.54) is 0 Å². The fraction of sp³-hybridized carbons (Fsp3) is 0.929. The van der Waals surface area contributed by atoms with Crippen LogP contribution in [0.3, 0.4) is 0 Å². The summed E-state index contributed by atoms with van der Waals surface area (Å²) in [7, 11) is 1.66. The van der Waals surface area contributed by atoms with Gasteiger partial charge in [0.25, 0.3) is 0 Å². The smallest absolute Gasteiger partial charge is 0.223 e. The molecule has 0 bridgehead atoms. The summed E-state index contributed by atoms with van der Waals surface area (Å²) in [6.45, 7) is 2.76. The van der Waals surface area contributed by atoms with E-state index in [0.717, 1.165) is 51.7 Å². The third-order valence-corrected chi connectivity index (χ3v) is 3.59. The normalized spacial score (nSPS) is 23.3. The minimum atomic E-state index is 0.178. The molecule has 3 N–H and O–H groups in total. The van der Waals surface area contributed by atoms with Crippen molar-refractivity contribution in [3.8, 4) is 0 Å². The molecule has 0 unspecified atom stereocenters. The minimum absolute atomic E-state index is 0.178. The predicted octanol–water partition coefficient (Wildman–Crippen LogP) is 1.06. The first-order valence-electron chi connectivity index (χ1n) is 7.34. The van der Waals surface area contributed by atoms with Crippen molar-refractivity contribution in [3.63, 3.8) is 0 Å². The van der Waals surface area contributed by atoms with Gasteiger partial charge in [0.15, 0.2) is 0 Å². The highest BCUT2D eigenvalue weighted by molar-refractivity contribution is 5.78. The van der Waals surface area contributed by atoms with Crippen molar-refractivity contribution in [2.75, 3.05) is 33.5 Å². The lowest BCUT2D eigenvalue weighted by Crippen LogP contribution is -2.36. The maximum Gasteiger partial charge on any atom is 0.223 e. The monoisotopic (exact) mass is 272 g/mol. The average molecular weight is 272 g/mol. The van der Waals surface area contributed by atoms with E-state index in [4.69, 9.17) is 15.2 Å². The number of carbonyl (C=O) groups excluding carboxylic acids is 1. The van der Waals surface area contributed by atoms with Crippen LogP contribution in [0.1, 0.15) is 38.5 Å². The Morgan fingerprint density at radius 2 is 1.89 bits per heavy atom. The highest BCUT2D eigenvalue weighted by Gasteiger charge is 2.23. The second kappa shape index (κ2) is 10.2. The molecule has 5 nitrogen and oxygen atoms in total. The lowest BCUT2D eigenvalue weighted by Gasteiger charge is -2.25. The molecule has 1 fully saturated rings. The topological polar surface area (TPSA) is 73.6 Å². The summed E-state index contributed by atoms with van der Waals surface area (Å²) in [5.74, 6) is 0.380. The Balaban J connectivity index is 1.93. The van der Waals surface area contributed by atoms with Crippen LogP contribution in [0.4, 0.5) is 0 Å². The quantitative estimate of drug-likeness (QED) is 0.616. The number of carbonyl (C=O) groups is 1. The number of hydrogen-bond acceptors (Lipinski definition) is 4. The number of methoxy groups -OCH3 is 1. The third kappa shape index (κ3) is 7.50. The largest absolute Gasteiger partial charge is 0.382 e. The maximum absolute atomic E-state index is 11.9. The van der Waals surface area contributed by atoms with Gasteiger partial charge in [-0.15, -0.1) is 0 Å². The van der Waals surface area contributed by atoms with Crippen LogP contribution in [-0.4, -0.2) is 45.4 Å². The van der Waals surface area contributed by atoms with Crippen molar-refractivity contribution < 1.29 is 14.3 Å². The molecule has 1 aliphatic rings. The first-order valence-corrected chi connectivity index (χ1v) is 7.34. The molecule has 112 valence electrons. The van der Waals surface area contributed by atoms with E-state index < -0.39 is 0 Å². The number of rotatable bonds is 9. The summed E-state index contributed by atoms with van der Waals surface area (Å²) < 4.78 is 10.2. The number of hydrogen-bond donors (Lipinski definition) is 2. The number of unbranched alkanes of at least 4 members (excludes halogenated alkanes) is 1. The molecule has 0 aliphatic heterocycles. The molecule has 5 heteroatoms. The summed E-state index contributed by atoms with van der Waals surface area (Å²) in [5, 5.41) is 3.01. The van der Waals surface area contributed by atoms with E-state index in [0.29, 0.717) is 19.3 Å². The zero-order valence-electron chi connectivity index (χ0n) is 12.0. The maximum atomic E-state index is 11.9. The van der Waals surface area contributed by atoms with Crippen LogP contribution in [0.25, 0.3) is 0 Å². The van der Waals surface area contributed by atoms with E-state index in [9.17, 15) is 4.79 Å². The van der Waals surface area contributed by atoms with Crippen LogP contribution in [0.15, 0.2) is 0 Å². The van der Waals surface area contributed by atoms with Crippen molar-refractivity contribution in [2.45, 2.75) is 44.6 Å². The van der Waals surface area contributed by atoms with Gasteiger partial charge in [0.1, 0.15) is 0 Å². The summed E-state index contributed by atoms with van der Waals surface area (Å²) in [4.78, 5) is 11.9. The lowest BCUT2D eigenvalue weighted by atomic mass is 9.86. The van der Waals surface area contributed by atoms with Crippen LogP contribution >= 0.6 is 0 Å². The molecular formula is C14H28N2O3. The van der Waals surface area contributed by atoms with Crippen molar-refractivity contribution in [2.24, 2.45) is 11.7 Å². The fourth-order valence-corrected chi connectivity index (χ4v) is 2.31. The zero-order valence-corrected chi connectivity index (χ0v) is 12.0. The van der Waals surface area contributed by atoms with Gasteiger partial charge in [-0.2, -0.15) is 0 Å². The SMILES string of the molecule is COCCOCCCCNC(=O)C1CCC(N)CC1. The molecule has 1 aliphatic carbocycles. The number of nitrogens with two attached hydrogens (primary N) is 1. The van der Waals surface area contributed by atoms with Crippen molar-refractivity contribution in [1.82, 2.24) is 5.32 Å². The van der Waals surface area contributed by atoms with Crippen LogP contribution in [0.2, 0.25) is 0 Å². The molecule has 0 saturated heterocycles. The van der Waals surface area contributed by atoms with Gasteiger partial charge < -0.3 is 20.5 Å². The summed E-state index contributed by atoms with van der Waals surface area (Å²) >= 11 is 0. The molecule has 19 heavy (non-hydrogen) atoms. The van der Waals surface area contributed by atoms with Gasteiger partial charge in [-0.1, -0.05) is 0 Å². The van der Waals surface area contributed by atoms with Crippen LogP contribution < -0.4 is 11.1 Å². The number of ether oxygens (including phenoxy) is 2. The van der Waals surface area contributed by atoms with Crippen molar-refractivity contribution >= 4 is 5.91 Å². The van der Waals surface area contributed by atoms with E-state index in [2.05, 4.69) is 5.32 Å².